The Kier molecular flexibility index (Phi) is 5.42. The van der Waals surface area contributed by atoms with Crippen LogP contribution in [0.1, 0.15) is 46.1 Å². The van der Waals surface area contributed by atoms with Gasteiger partial charge in [0.2, 0.25) is 0 Å². The first-order chi connectivity index (χ1) is 10.8. The summed E-state index contributed by atoms with van der Waals surface area (Å²) in [5.74, 6) is 0.977. The average molecular weight is 320 g/mol. The summed E-state index contributed by atoms with van der Waals surface area (Å²) in [5, 5.41) is 9.82. The first-order valence-electron chi connectivity index (χ1n) is 7.91. The summed E-state index contributed by atoms with van der Waals surface area (Å²) in [4.78, 5) is 4.38. The number of hydrogen-bond donors (Lipinski definition) is 1. The molecule has 0 saturated heterocycles. The Morgan fingerprint density at radius 3 is 2.78 bits per heavy atom. The lowest BCUT2D eigenvalue weighted by Gasteiger charge is -2.20. The van der Waals surface area contributed by atoms with Crippen molar-refractivity contribution in [3.63, 3.8) is 0 Å². The highest BCUT2D eigenvalue weighted by atomic mass is 19.1. The van der Waals surface area contributed by atoms with Gasteiger partial charge in [0.05, 0.1) is 18.3 Å². The van der Waals surface area contributed by atoms with Crippen molar-refractivity contribution in [1.29, 1.82) is 0 Å². The van der Waals surface area contributed by atoms with Crippen molar-refractivity contribution in [3.05, 3.63) is 36.4 Å². The molecule has 2 rings (SSSR count). The Labute approximate surface area is 136 Å². The van der Waals surface area contributed by atoms with Crippen molar-refractivity contribution in [1.82, 2.24) is 9.55 Å². The molecule has 0 aliphatic heterocycles. The van der Waals surface area contributed by atoms with E-state index in [0.29, 0.717) is 17.1 Å². The molecule has 23 heavy (non-hydrogen) atoms. The second kappa shape index (κ2) is 7.13. The topological polar surface area (TPSA) is 47.3 Å². The minimum Gasteiger partial charge on any atom is -0.496 e. The zero-order valence-electron chi connectivity index (χ0n) is 14.2. The molecule has 1 aromatic heterocycles. The van der Waals surface area contributed by atoms with E-state index >= 15 is 0 Å². The standard InChI is InChI=1S/C18H25FN2O2/c1-13(6-5-9-18(2,3)22)21-11-10-20-17(21)15-12-14(19)7-8-16(15)23-4/h7-8,10-13,22H,5-6,9H2,1-4H3. The fourth-order valence-electron chi connectivity index (χ4n) is 2.70. The summed E-state index contributed by atoms with van der Waals surface area (Å²) in [7, 11) is 1.57. The predicted octanol–water partition coefficient (Wildman–Crippen LogP) is 4.20. The molecule has 4 nitrogen and oxygen atoms in total. The number of methoxy groups -OCH3 is 1. The van der Waals surface area contributed by atoms with Crippen LogP contribution < -0.4 is 4.74 Å². The molecule has 1 aromatic carbocycles. The Hall–Kier alpha value is -1.88. The molecular formula is C18H25FN2O2. The third-order valence-electron chi connectivity index (χ3n) is 3.96. The first-order valence-corrected chi connectivity index (χ1v) is 7.91. The van der Waals surface area contributed by atoms with Gasteiger partial charge in [-0.15, -0.1) is 0 Å². The number of nitrogens with zero attached hydrogens (tertiary/aromatic N) is 2. The summed E-state index contributed by atoms with van der Waals surface area (Å²) in [6.45, 7) is 5.73. The van der Waals surface area contributed by atoms with Gasteiger partial charge in [0.15, 0.2) is 0 Å². The van der Waals surface area contributed by atoms with Crippen LogP contribution in [0.25, 0.3) is 11.4 Å². The third kappa shape index (κ3) is 4.55. The maximum Gasteiger partial charge on any atom is 0.143 e. The van der Waals surface area contributed by atoms with Crippen molar-refractivity contribution < 1.29 is 14.2 Å². The van der Waals surface area contributed by atoms with Gasteiger partial charge in [0.25, 0.3) is 0 Å². The van der Waals surface area contributed by atoms with E-state index in [1.165, 1.54) is 12.1 Å². The van der Waals surface area contributed by atoms with Crippen LogP contribution in [-0.2, 0) is 0 Å². The normalized spacial score (nSPS) is 13.1. The molecule has 126 valence electrons. The van der Waals surface area contributed by atoms with Crippen LogP contribution >= 0.6 is 0 Å². The molecule has 1 atom stereocenters. The smallest absolute Gasteiger partial charge is 0.143 e. The number of benzene rings is 1. The predicted molar refractivity (Wildman–Crippen MR) is 89.0 cm³/mol. The monoisotopic (exact) mass is 320 g/mol. The van der Waals surface area contributed by atoms with Crippen LogP contribution in [0.4, 0.5) is 4.39 Å². The molecule has 0 fully saturated rings. The molecule has 0 saturated carbocycles. The maximum absolute atomic E-state index is 13.6. The molecule has 5 heteroatoms. The van der Waals surface area contributed by atoms with Crippen LogP contribution in [0, 0.1) is 5.82 Å². The van der Waals surface area contributed by atoms with E-state index in [2.05, 4.69) is 11.9 Å². The Balaban J connectivity index is 2.21. The third-order valence-corrected chi connectivity index (χ3v) is 3.96. The number of halogens is 1. The van der Waals surface area contributed by atoms with Crippen LogP contribution in [0.3, 0.4) is 0 Å². The molecule has 1 N–H and O–H groups in total. The van der Waals surface area contributed by atoms with Gasteiger partial charge in [-0.1, -0.05) is 0 Å². The van der Waals surface area contributed by atoms with Crippen LogP contribution in [0.2, 0.25) is 0 Å². The highest BCUT2D eigenvalue weighted by Crippen LogP contribution is 2.32. The second-order valence-corrected chi connectivity index (χ2v) is 6.56. The lowest BCUT2D eigenvalue weighted by atomic mass is 9.99. The quantitative estimate of drug-likeness (QED) is 0.831. The number of hydrogen-bond acceptors (Lipinski definition) is 3. The zero-order valence-corrected chi connectivity index (χ0v) is 14.2. The number of imidazole rings is 1. The lowest BCUT2D eigenvalue weighted by molar-refractivity contribution is 0.0672. The first kappa shape index (κ1) is 17.5. The average Bonchev–Trinajstić information content (AvgIpc) is 2.95. The molecule has 1 unspecified atom stereocenters. The second-order valence-electron chi connectivity index (χ2n) is 6.56. The van der Waals surface area contributed by atoms with Gasteiger partial charge in [-0.2, -0.15) is 0 Å². The van der Waals surface area contributed by atoms with E-state index < -0.39 is 5.60 Å². The minimum atomic E-state index is -0.650. The number of ether oxygens (including phenoxy) is 1. The van der Waals surface area contributed by atoms with Crippen LogP contribution in [0.15, 0.2) is 30.6 Å². The highest BCUT2D eigenvalue weighted by molar-refractivity contribution is 5.64. The Morgan fingerprint density at radius 2 is 2.13 bits per heavy atom. The van der Waals surface area contributed by atoms with Crippen molar-refractivity contribution in [3.8, 4) is 17.1 Å². The number of rotatable bonds is 7. The molecule has 0 bridgehead atoms. The fraction of sp³-hybridized carbons (Fsp3) is 0.500. The summed E-state index contributed by atoms with van der Waals surface area (Å²) in [6.07, 6.45) is 6.17. The van der Waals surface area contributed by atoms with Gasteiger partial charge in [0.1, 0.15) is 17.4 Å². The van der Waals surface area contributed by atoms with E-state index in [9.17, 15) is 9.50 Å². The molecule has 0 spiro atoms. The Morgan fingerprint density at radius 1 is 1.39 bits per heavy atom. The highest BCUT2D eigenvalue weighted by Gasteiger charge is 2.18. The largest absolute Gasteiger partial charge is 0.496 e. The molecule has 2 aromatic rings. The van der Waals surface area contributed by atoms with Gasteiger partial charge < -0.3 is 14.4 Å². The van der Waals surface area contributed by atoms with Crippen molar-refractivity contribution in [2.45, 2.75) is 51.7 Å². The zero-order chi connectivity index (χ0) is 17.0. The number of aliphatic hydroxyl groups is 1. The Bertz CT molecular complexity index is 647. The summed E-state index contributed by atoms with van der Waals surface area (Å²) in [6, 6.07) is 4.63. The van der Waals surface area contributed by atoms with E-state index in [4.69, 9.17) is 4.74 Å². The van der Waals surface area contributed by atoms with Gasteiger partial charge >= 0.3 is 0 Å². The van der Waals surface area contributed by atoms with Gasteiger partial charge in [-0.05, 0) is 58.2 Å². The summed E-state index contributed by atoms with van der Waals surface area (Å²) < 4.78 is 21.0. The molecular weight excluding hydrogens is 295 g/mol. The van der Waals surface area contributed by atoms with Crippen molar-refractivity contribution >= 4 is 0 Å². The molecule has 1 heterocycles. The van der Waals surface area contributed by atoms with Gasteiger partial charge in [-0.3, -0.25) is 0 Å². The van der Waals surface area contributed by atoms with Crippen LogP contribution in [-0.4, -0.2) is 27.4 Å². The van der Waals surface area contributed by atoms with Gasteiger partial charge in [-0.25, -0.2) is 9.37 Å². The van der Waals surface area contributed by atoms with Crippen molar-refractivity contribution in [2.24, 2.45) is 0 Å². The SMILES string of the molecule is COc1ccc(F)cc1-c1nccn1C(C)CCCC(C)(C)O. The van der Waals surface area contributed by atoms with E-state index in [-0.39, 0.29) is 11.9 Å². The molecule has 0 aliphatic rings. The van der Waals surface area contributed by atoms with E-state index in [0.717, 1.165) is 19.3 Å². The summed E-state index contributed by atoms with van der Waals surface area (Å²) >= 11 is 0. The number of aromatic nitrogens is 2. The van der Waals surface area contributed by atoms with Gasteiger partial charge in [0, 0.05) is 18.4 Å². The summed E-state index contributed by atoms with van der Waals surface area (Å²) in [5.41, 5.74) is -0.00432. The van der Waals surface area contributed by atoms with Crippen LogP contribution in [0.5, 0.6) is 5.75 Å². The van der Waals surface area contributed by atoms with E-state index in [1.807, 2.05) is 24.6 Å². The van der Waals surface area contributed by atoms with E-state index in [1.54, 1.807) is 19.4 Å². The fourth-order valence-corrected chi connectivity index (χ4v) is 2.70. The molecule has 0 radical (unpaired) electrons. The lowest BCUT2D eigenvalue weighted by Crippen LogP contribution is -2.18. The minimum absolute atomic E-state index is 0.197. The maximum atomic E-state index is 13.6. The molecule has 0 amide bonds. The molecule has 0 aliphatic carbocycles. The van der Waals surface area contributed by atoms with Crippen molar-refractivity contribution in [2.75, 3.05) is 7.11 Å².